The molecule has 1 fully saturated rings. The SMILES string of the molecule is CCNC(=NCc1ccccc1OCC(F)(F)F)NC1CC1. The molecule has 0 aromatic heterocycles. The van der Waals surface area contributed by atoms with Crippen LogP contribution in [0.2, 0.25) is 0 Å². The molecule has 0 bridgehead atoms. The van der Waals surface area contributed by atoms with Crippen LogP contribution >= 0.6 is 0 Å². The van der Waals surface area contributed by atoms with Crippen LogP contribution in [0.4, 0.5) is 13.2 Å². The number of halogens is 3. The first-order chi connectivity index (χ1) is 10.5. The van der Waals surface area contributed by atoms with Crippen LogP contribution in [0.25, 0.3) is 0 Å². The quantitative estimate of drug-likeness (QED) is 0.627. The van der Waals surface area contributed by atoms with Gasteiger partial charge in [0.05, 0.1) is 6.54 Å². The maximum absolute atomic E-state index is 12.3. The van der Waals surface area contributed by atoms with E-state index in [-0.39, 0.29) is 12.3 Å². The summed E-state index contributed by atoms with van der Waals surface area (Å²) in [7, 11) is 0. The molecule has 2 rings (SSSR count). The van der Waals surface area contributed by atoms with Crippen LogP contribution < -0.4 is 15.4 Å². The smallest absolute Gasteiger partial charge is 0.422 e. The van der Waals surface area contributed by atoms with Gasteiger partial charge in [0, 0.05) is 18.2 Å². The van der Waals surface area contributed by atoms with Crippen molar-refractivity contribution in [2.45, 2.75) is 38.5 Å². The van der Waals surface area contributed by atoms with Crippen molar-refractivity contribution in [1.29, 1.82) is 0 Å². The van der Waals surface area contributed by atoms with Crippen molar-refractivity contribution >= 4 is 5.96 Å². The van der Waals surface area contributed by atoms with Crippen LogP contribution in [0.1, 0.15) is 25.3 Å². The van der Waals surface area contributed by atoms with E-state index in [0.717, 1.165) is 19.4 Å². The first-order valence-electron chi connectivity index (χ1n) is 7.30. The number of nitrogens with one attached hydrogen (secondary N) is 2. The highest BCUT2D eigenvalue weighted by molar-refractivity contribution is 5.80. The molecule has 0 atom stereocenters. The summed E-state index contributed by atoms with van der Waals surface area (Å²) in [6.07, 6.45) is -2.11. The lowest BCUT2D eigenvalue weighted by Crippen LogP contribution is -2.38. The minimum absolute atomic E-state index is 0.214. The highest BCUT2D eigenvalue weighted by Crippen LogP contribution is 2.23. The molecule has 2 N–H and O–H groups in total. The minimum atomic E-state index is -4.35. The van der Waals surface area contributed by atoms with Gasteiger partial charge in [-0.05, 0) is 25.8 Å². The lowest BCUT2D eigenvalue weighted by atomic mass is 10.2. The number of aliphatic imine (C=N–C) groups is 1. The van der Waals surface area contributed by atoms with Gasteiger partial charge in [-0.25, -0.2) is 4.99 Å². The molecule has 0 spiro atoms. The summed E-state index contributed by atoms with van der Waals surface area (Å²) >= 11 is 0. The Morgan fingerprint density at radius 3 is 2.68 bits per heavy atom. The summed E-state index contributed by atoms with van der Waals surface area (Å²) in [5, 5.41) is 6.37. The molecular formula is C15H20F3N3O. The summed E-state index contributed by atoms with van der Waals surface area (Å²) in [5.74, 6) is 0.890. The van der Waals surface area contributed by atoms with Crippen molar-refractivity contribution in [1.82, 2.24) is 10.6 Å². The highest BCUT2D eigenvalue weighted by Gasteiger charge is 2.28. The topological polar surface area (TPSA) is 45.7 Å². The number of hydrogen-bond donors (Lipinski definition) is 2. The predicted molar refractivity (Wildman–Crippen MR) is 79.0 cm³/mol. The second-order valence-electron chi connectivity index (χ2n) is 5.13. The van der Waals surface area contributed by atoms with Crippen molar-refractivity contribution in [3.8, 4) is 5.75 Å². The molecule has 1 saturated carbocycles. The zero-order valence-corrected chi connectivity index (χ0v) is 12.4. The van der Waals surface area contributed by atoms with E-state index in [1.54, 1.807) is 18.2 Å². The lowest BCUT2D eigenvalue weighted by Gasteiger charge is -2.13. The summed E-state index contributed by atoms with van der Waals surface area (Å²) in [5.41, 5.74) is 0.625. The molecule has 1 aromatic rings. The van der Waals surface area contributed by atoms with Gasteiger partial charge in [0.1, 0.15) is 5.75 Å². The molecular weight excluding hydrogens is 295 g/mol. The van der Waals surface area contributed by atoms with Gasteiger partial charge in [-0.2, -0.15) is 13.2 Å². The standard InChI is InChI=1S/C15H20F3N3O/c1-2-19-14(21-12-7-8-12)20-9-11-5-3-4-6-13(11)22-10-15(16,17)18/h3-6,12H,2,7-10H2,1H3,(H2,19,20,21). The van der Waals surface area contributed by atoms with Gasteiger partial charge in [-0.1, -0.05) is 18.2 Å². The molecule has 0 saturated heterocycles. The maximum Gasteiger partial charge on any atom is 0.422 e. The van der Waals surface area contributed by atoms with E-state index in [0.29, 0.717) is 17.6 Å². The van der Waals surface area contributed by atoms with Gasteiger partial charge in [-0.3, -0.25) is 0 Å². The Kier molecular flexibility index (Phi) is 5.51. The Morgan fingerprint density at radius 2 is 2.05 bits per heavy atom. The van der Waals surface area contributed by atoms with E-state index in [9.17, 15) is 13.2 Å². The van der Waals surface area contributed by atoms with Crippen molar-refractivity contribution in [3.63, 3.8) is 0 Å². The Balaban J connectivity index is 2.00. The number of benzene rings is 1. The fraction of sp³-hybridized carbons (Fsp3) is 0.533. The van der Waals surface area contributed by atoms with Crippen molar-refractivity contribution in [2.24, 2.45) is 4.99 Å². The van der Waals surface area contributed by atoms with E-state index in [4.69, 9.17) is 4.74 Å². The lowest BCUT2D eigenvalue weighted by molar-refractivity contribution is -0.153. The van der Waals surface area contributed by atoms with E-state index < -0.39 is 12.8 Å². The zero-order chi connectivity index (χ0) is 16.0. The largest absolute Gasteiger partial charge is 0.484 e. The maximum atomic E-state index is 12.3. The molecule has 1 aromatic carbocycles. The van der Waals surface area contributed by atoms with Gasteiger partial charge < -0.3 is 15.4 Å². The Bertz CT molecular complexity index is 513. The predicted octanol–water partition coefficient (Wildman–Crippen LogP) is 2.85. The summed E-state index contributed by atoms with van der Waals surface area (Å²) in [4.78, 5) is 4.40. The van der Waals surface area contributed by atoms with Gasteiger partial charge in [-0.15, -0.1) is 0 Å². The molecule has 0 unspecified atom stereocenters. The average Bonchev–Trinajstić information content (AvgIpc) is 3.27. The summed E-state index contributed by atoms with van der Waals surface area (Å²) in [6, 6.07) is 7.10. The van der Waals surface area contributed by atoms with E-state index in [1.807, 2.05) is 6.92 Å². The summed E-state index contributed by atoms with van der Waals surface area (Å²) in [6.45, 7) is 1.65. The highest BCUT2D eigenvalue weighted by atomic mass is 19.4. The first kappa shape index (κ1) is 16.5. The normalized spacial score (nSPS) is 15.5. The molecule has 0 heterocycles. The number of rotatable bonds is 6. The second-order valence-corrected chi connectivity index (χ2v) is 5.13. The average molecular weight is 315 g/mol. The van der Waals surface area contributed by atoms with Crippen molar-refractivity contribution in [2.75, 3.05) is 13.2 Å². The Morgan fingerprint density at radius 1 is 1.32 bits per heavy atom. The van der Waals surface area contributed by atoms with Gasteiger partial charge in [0.2, 0.25) is 0 Å². The molecule has 4 nitrogen and oxygen atoms in total. The number of ether oxygens (including phenoxy) is 1. The number of alkyl halides is 3. The third-order valence-corrected chi connectivity index (χ3v) is 3.03. The third-order valence-electron chi connectivity index (χ3n) is 3.03. The number of guanidine groups is 1. The molecule has 0 aliphatic heterocycles. The molecule has 122 valence electrons. The first-order valence-corrected chi connectivity index (χ1v) is 7.30. The zero-order valence-electron chi connectivity index (χ0n) is 12.4. The minimum Gasteiger partial charge on any atom is -0.484 e. The number of nitrogens with zero attached hydrogens (tertiary/aromatic N) is 1. The van der Waals surface area contributed by atoms with Gasteiger partial charge in [0.25, 0.3) is 0 Å². The fourth-order valence-electron chi connectivity index (χ4n) is 1.84. The Hall–Kier alpha value is -1.92. The second kappa shape index (κ2) is 7.38. The number of para-hydroxylation sites is 1. The molecule has 22 heavy (non-hydrogen) atoms. The van der Waals surface area contributed by atoms with Crippen LogP contribution in [-0.4, -0.2) is 31.3 Å². The number of hydrogen-bond acceptors (Lipinski definition) is 2. The molecule has 0 radical (unpaired) electrons. The fourth-order valence-corrected chi connectivity index (χ4v) is 1.84. The molecule has 1 aliphatic carbocycles. The molecule has 7 heteroatoms. The van der Waals surface area contributed by atoms with Gasteiger partial charge >= 0.3 is 6.18 Å². The van der Waals surface area contributed by atoms with E-state index in [2.05, 4.69) is 15.6 Å². The van der Waals surface area contributed by atoms with Crippen LogP contribution in [-0.2, 0) is 6.54 Å². The van der Waals surface area contributed by atoms with Crippen LogP contribution in [0.5, 0.6) is 5.75 Å². The monoisotopic (exact) mass is 315 g/mol. The van der Waals surface area contributed by atoms with Crippen molar-refractivity contribution < 1.29 is 17.9 Å². The Labute approximate surface area is 127 Å². The van der Waals surface area contributed by atoms with Crippen LogP contribution in [0.15, 0.2) is 29.3 Å². The third kappa shape index (κ3) is 5.83. The van der Waals surface area contributed by atoms with E-state index in [1.165, 1.54) is 6.07 Å². The summed E-state index contributed by atoms with van der Waals surface area (Å²) < 4.78 is 41.6. The molecule has 1 aliphatic rings. The van der Waals surface area contributed by atoms with E-state index >= 15 is 0 Å². The van der Waals surface area contributed by atoms with Crippen molar-refractivity contribution in [3.05, 3.63) is 29.8 Å². The van der Waals surface area contributed by atoms with Crippen LogP contribution in [0.3, 0.4) is 0 Å². The molecule has 0 amide bonds. The van der Waals surface area contributed by atoms with Gasteiger partial charge in [0.15, 0.2) is 12.6 Å². The van der Waals surface area contributed by atoms with Crippen LogP contribution in [0, 0.1) is 0 Å².